The summed E-state index contributed by atoms with van der Waals surface area (Å²) in [5, 5.41) is 9.81. The summed E-state index contributed by atoms with van der Waals surface area (Å²) >= 11 is 0. The van der Waals surface area contributed by atoms with Gasteiger partial charge >= 0.3 is 10.0 Å². The van der Waals surface area contributed by atoms with E-state index in [1.165, 1.54) is 64.2 Å². The number of allylic oxidation sites excluding steroid dienone is 4. The molecule has 0 spiro atoms. The number of rotatable bonds is 32. The van der Waals surface area contributed by atoms with Crippen molar-refractivity contribution in [2.75, 3.05) is 0 Å². The highest BCUT2D eigenvalue weighted by Gasteiger charge is 2.66. The van der Waals surface area contributed by atoms with Gasteiger partial charge in [0.25, 0.3) is 20.2 Å². The molecule has 0 aliphatic rings. The number of hydrogen-bond acceptors (Lipinski definition) is 5. The lowest BCUT2D eigenvalue weighted by atomic mass is 9.90. The summed E-state index contributed by atoms with van der Waals surface area (Å²) in [6.07, 6.45) is 32.2. The van der Waals surface area contributed by atoms with Gasteiger partial charge in [0.1, 0.15) is 0 Å². The normalized spacial score (nSPS) is 13.8. The fourth-order valence-corrected chi connectivity index (χ4v) is 8.99. The van der Waals surface area contributed by atoms with Crippen molar-refractivity contribution in [2.45, 2.75) is 185 Å². The number of unbranched alkanes of at least 4 members (excludes halogenated alkanes) is 18. The van der Waals surface area contributed by atoms with Crippen LogP contribution in [0.5, 0.6) is 0 Å². The van der Waals surface area contributed by atoms with Gasteiger partial charge in [0.15, 0.2) is 0 Å². The fourth-order valence-electron chi connectivity index (χ4n) is 6.17. The van der Waals surface area contributed by atoms with Crippen LogP contribution < -0.4 is 0 Å². The molecule has 46 heavy (non-hydrogen) atoms. The van der Waals surface area contributed by atoms with E-state index in [4.69, 9.17) is 0 Å². The molecule has 0 aliphatic carbocycles. The Morgan fingerprint density at radius 1 is 0.543 bits per heavy atom. The Kier molecular flexibility index (Phi) is 26.0. The lowest BCUT2D eigenvalue weighted by Crippen LogP contribution is -2.58. The van der Waals surface area contributed by atoms with Crippen LogP contribution in [0.15, 0.2) is 24.3 Å². The van der Waals surface area contributed by atoms with Gasteiger partial charge in [-0.15, -0.1) is 0 Å². The van der Waals surface area contributed by atoms with Gasteiger partial charge in [-0.2, -0.15) is 16.8 Å². The first-order valence-corrected chi connectivity index (χ1v) is 21.2. The van der Waals surface area contributed by atoms with Gasteiger partial charge in [-0.25, -0.2) is 4.79 Å². The summed E-state index contributed by atoms with van der Waals surface area (Å²) in [7, 11) is -11.4. The first kappa shape index (κ1) is 44.8. The second-order valence-corrected chi connectivity index (χ2v) is 16.9. The second kappa shape index (κ2) is 26.7. The first-order chi connectivity index (χ1) is 21.8. The fraction of sp³-hybridized carbons (Fsp3) is 0.861. The van der Waals surface area contributed by atoms with Crippen molar-refractivity contribution in [3.05, 3.63) is 24.3 Å². The third-order valence-corrected chi connectivity index (χ3v) is 12.7. The summed E-state index contributed by atoms with van der Waals surface area (Å²) in [6, 6.07) is 0. The summed E-state index contributed by atoms with van der Waals surface area (Å²) in [5.41, 5.74) is 0. The average Bonchev–Trinajstić information content (AvgIpc) is 2.95. The molecule has 272 valence electrons. The van der Waals surface area contributed by atoms with Crippen LogP contribution in [0.25, 0.3) is 0 Å². The van der Waals surface area contributed by atoms with E-state index < -0.39 is 36.2 Å². The van der Waals surface area contributed by atoms with Crippen molar-refractivity contribution in [3.63, 3.8) is 0 Å². The maximum absolute atomic E-state index is 12.3. The molecular formula is C36H68O8S2. The molecule has 8 nitrogen and oxygen atoms in total. The zero-order chi connectivity index (χ0) is 34.7. The Balaban J connectivity index is 4.71. The summed E-state index contributed by atoms with van der Waals surface area (Å²) in [6.45, 7) is 6.72. The molecule has 0 saturated heterocycles. The third-order valence-electron chi connectivity index (χ3n) is 8.91. The molecule has 1 unspecified atom stereocenters. The SMILES string of the molecule is CCCCCCCC/C=C\CCCCCC(CCCCCCCC/C=C\CCCCCC(C)C)C(C(=O)O)(S(=O)(=O)O)S(=O)(=O)O. The Hall–Kier alpha value is -1.23. The second-order valence-electron chi connectivity index (χ2n) is 13.5. The minimum atomic E-state index is -5.68. The number of carbonyl (C=O) groups is 1. The van der Waals surface area contributed by atoms with Gasteiger partial charge < -0.3 is 5.11 Å². The number of carboxylic acid groups (broad SMARTS) is 1. The van der Waals surface area contributed by atoms with Crippen LogP contribution in [0.1, 0.15) is 181 Å². The smallest absolute Gasteiger partial charge is 0.346 e. The van der Waals surface area contributed by atoms with Gasteiger partial charge in [0.2, 0.25) is 0 Å². The van der Waals surface area contributed by atoms with E-state index in [1.54, 1.807) is 0 Å². The highest BCUT2D eigenvalue weighted by molar-refractivity contribution is 8.06. The molecule has 10 heteroatoms. The van der Waals surface area contributed by atoms with E-state index in [9.17, 15) is 35.8 Å². The number of aliphatic carboxylic acids is 1. The first-order valence-electron chi connectivity index (χ1n) is 18.3. The van der Waals surface area contributed by atoms with E-state index >= 15 is 0 Å². The zero-order valence-corrected chi connectivity index (χ0v) is 31.0. The van der Waals surface area contributed by atoms with Crippen LogP contribution in [0, 0.1) is 11.8 Å². The Bertz CT molecular complexity index is 1000. The van der Waals surface area contributed by atoms with Crippen molar-refractivity contribution < 1.29 is 35.8 Å². The van der Waals surface area contributed by atoms with Crippen molar-refractivity contribution in [1.29, 1.82) is 0 Å². The Morgan fingerprint density at radius 3 is 1.17 bits per heavy atom. The zero-order valence-electron chi connectivity index (χ0n) is 29.3. The molecule has 0 rings (SSSR count). The summed E-state index contributed by atoms with van der Waals surface area (Å²) in [5.74, 6) is -2.95. The van der Waals surface area contributed by atoms with E-state index in [0.717, 1.165) is 63.7 Å². The monoisotopic (exact) mass is 692 g/mol. The minimum Gasteiger partial charge on any atom is -0.479 e. The molecule has 0 saturated carbocycles. The van der Waals surface area contributed by atoms with Crippen molar-refractivity contribution >= 4 is 26.2 Å². The van der Waals surface area contributed by atoms with Crippen molar-refractivity contribution in [2.24, 2.45) is 11.8 Å². The third kappa shape index (κ3) is 19.6. The molecule has 0 heterocycles. The Morgan fingerprint density at radius 2 is 0.848 bits per heavy atom. The molecule has 0 aliphatic heterocycles. The molecule has 0 bridgehead atoms. The van der Waals surface area contributed by atoms with E-state index in [-0.39, 0.29) is 12.8 Å². The van der Waals surface area contributed by atoms with Crippen LogP contribution >= 0.6 is 0 Å². The molecule has 0 aromatic heterocycles. The van der Waals surface area contributed by atoms with Gasteiger partial charge in [-0.1, -0.05) is 141 Å². The average molecular weight is 693 g/mol. The topological polar surface area (TPSA) is 146 Å². The lowest BCUT2D eigenvalue weighted by Gasteiger charge is -2.31. The van der Waals surface area contributed by atoms with Crippen molar-refractivity contribution in [3.8, 4) is 0 Å². The maximum Gasteiger partial charge on any atom is 0.346 e. The predicted molar refractivity (Wildman–Crippen MR) is 191 cm³/mol. The van der Waals surface area contributed by atoms with E-state index in [1.807, 2.05) is 0 Å². The van der Waals surface area contributed by atoms with Crippen LogP contribution in [-0.4, -0.2) is 41.1 Å². The molecule has 0 radical (unpaired) electrons. The van der Waals surface area contributed by atoms with Gasteiger partial charge in [-0.3, -0.25) is 9.11 Å². The predicted octanol–water partition coefficient (Wildman–Crippen LogP) is 10.7. The van der Waals surface area contributed by atoms with Crippen LogP contribution in [0.3, 0.4) is 0 Å². The number of carboxylic acids is 1. The van der Waals surface area contributed by atoms with Gasteiger partial charge in [0, 0.05) is 5.92 Å². The van der Waals surface area contributed by atoms with Gasteiger partial charge in [0.05, 0.1) is 0 Å². The van der Waals surface area contributed by atoms with Crippen LogP contribution in [0.2, 0.25) is 0 Å². The molecule has 0 aromatic carbocycles. The molecule has 0 amide bonds. The molecule has 1 atom stereocenters. The maximum atomic E-state index is 12.3. The molecular weight excluding hydrogens is 625 g/mol. The largest absolute Gasteiger partial charge is 0.479 e. The van der Waals surface area contributed by atoms with Crippen molar-refractivity contribution in [1.82, 2.24) is 0 Å². The summed E-state index contributed by atoms with van der Waals surface area (Å²) < 4.78 is 65.3. The standard InChI is InChI=1S/C36H68O8S2/c1-4-5-6-7-8-9-10-12-16-19-22-25-28-31-34(36(35(37)38,45(39,40)41)46(42,43)44)32-29-26-23-20-17-14-11-13-15-18-21-24-27-30-33(2)3/h12-13,15-16,33-34H,4-11,14,17-32H2,1-3H3,(H,37,38)(H,39,40,41)(H,42,43,44)/b15-13-,16-12-. The van der Waals surface area contributed by atoms with Crippen LogP contribution in [-0.2, 0) is 25.0 Å². The van der Waals surface area contributed by atoms with Crippen LogP contribution in [0.4, 0.5) is 0 Å². The number of hydrogen-bond donors (Lipinski definition) is 3. The molecule has 3 N–H and O–H groups in total. The lowest BCUT2D eigenvalue weighted by molar-refractivity contribution is -0.139. The minimum absolute atomic E-state index is 0.0378. The highest BCUT2D eigenvalue weighted by atomic mass is 32.3. The van der Waals surface area contributed by atoms with E-state index in [0.29, 0.717) is 25.7 Å². The quantitative estimate of drug-likeness (QED) is 0.0358. The summed E-state index contributed by atoms with van der Waals surface area (Å²) in [4.78, 5) is 12.2. The Labute approximate surface area is 282 Å². The molecule has 0 fully saturated rings. The van der Waals surface area contributed by atoms with E-state index in [2.05, 4.69) is 45.1 Å². The van der Waals surface area contributed by atoms with Gasteiger partial charge in [-0.05, 0) is 70.1 Å². The molecule has 0 aromatic rings. The highest BCUT2D eigenvalue weighted by Crippen LogP contribution is 2.39.